The van der Waals surface area contributed by atoms with Crippen LogP contribution in [0.15, 0.2) is 48.9 Å². The van der Waals surface area contributed by atoms with Crippen LogP contribution in [0.1, 0.15) is 34.3 Å². The molecule has 1 aliphatic carbocycles. The fraction of sp³-hybridized carbons (Fsp3) is 0.320. The molecule has 2 fully saturated rings. The Bertz CT molecular complexity index is 1270. The number of aryl methyl sites for hydroxylation is 1. The largest absolute Gasteiger partial charge is 0.353 e. The van der Waals surface area contributed by atoms with Gasteiger partial charge in [0.1, 0.15) is 0 Å². The Morgan fingerprint density at radius 2 is 1.91 bits per heavy atom. The minimum Gasteiger partial charge on any atom is -0.353 e. The molecule has 0 radical (unpaired) electrons. The Morgan fingerprint density at radius 1 is 1.09 bits per heavy atom. The standard InChI is InChI=1S/C25H24N6O2/c1-16-4-7-26-20(10-16)18-12-28-24(29-13-18)31-15-25(5-6-25)19-3-2-17(11-21(19)31)23(33)30-9-8-27-22(32)14-30/h2-4,7,10-13H,5-6,8-9,14-15H2,1H3,(H,27,32). The van der Waals surface area contributed by atoms with Gasteiger partial charge in [0.2, 0.25) is 11.9 Å². The van der Waals surface area contributed by atoms with Gasteiger partial charge >= 0.3 is 0 Å². The van der Waals surface area contributed by atoms with Gasteiger partial charge in [-0.2, -0.15) is 0 Å². The summed E-state index contributed by atoms with van der Waals surface area (Å²) >= 11 is 0. The Kier molecular flexibility index (Phi) is 4.43. The number of piperazine rings is 1. The van der Waals surface area contributed by atoms with E-state index in [0.29, 0.717) is 24.6 Å². The molecule has 1 saturated heterocycles. The van der Waals surface area contributed by atoms with E-state index in [9.17, 15) is 9.59 Å². The highest BCUT2D eigenvalue weighted by Gasteiger charge is 2.52. The Balaban J connectivity index is 1.32. The highest BCUT2D eigenvalue weighted by atomic mass is 16.2. The van der Waals surface area contributed by atoms with E-state index in [1.807, 2.05) is 43.6 Å². The van der Waals surface area contributed by atoms with Crippen LogP contribution >= 0.6 is 0 Å². The van der Waals surface area contributed by atoms with E-state index in [0.717, 1.165) is 41.9 Å². The Morgan fingerprint density at radius 3 is 2.64 bits per heavy atom. The van der Waals surface area contributed by atoms with Crippen molar-refractivity contribution in [3.05, 3.63) is 65.6 Å². The van der Waals surface area contributed by atoms with Gasteiger partial charge in [0.05, 0.1) is 12.2 Å². The monoisotopic (exact) mass is 440 g/mol. The minimum atomic E-state index is -0.120. The van der Waals surface area contributed by atoms with Gasteiger partial charge in [-0.25, -0.2) is 9.97 Å². The van der Waals surface area contributed by atoms with Crippen molar-refractivity contribution in [3.63, 3.8) is 0 Å². The second-order valence-corrected chi connectivity index (χ2v) is 9.17. The van der Waals surface area contributed by atoms with E-state index in [2.05, 4.69) is 31.2 Å². The number of amides is 2. The smallest absolute Gasteiger partial charge is 0.254 e. The molecule has 0 unspecified atom stereocenters. The molecule has 1 spiro atoms. The molecule has 1 saturated carbocycles. The fourth-order valence-corrected chi connectivity index (χ4v) is 4.85. The van der Waals surface area contributed by atoms with Gasteiger partial charge < -0.3 is 15.1 Å². The second kappa shape index (κ2) is 7.37. The normalized spacial score (nSPS) is 18.3. The minimum absolute atomic E-state index is 0.0984. The van der Waals surface area contributed by atoms with Gasteiger partial charge in [-0.15, -0.1) is 0 Å². The molecule has 6 rings (SSSR count). The van der Waals surface area contributed by atoms with Crippen molar-refractivity contribution in [2.24, 2.45) is 0 Å². The van der Waals surface area contributed by atoms with Crippen LogP contribution in [0.3, 0.4) is 0 Å². The number of nitrogens with one attached hydrogen (secondary N) is 1. The number of anilines is 2. The van der Waals surface area contributed by atoms with Crippen LogP contribution in [0.25, 0.3) is 11.3 Å². The molecule has 8 heteroatoms. The summed E-state index contributed by atoms with van der Waals surface area (Å²) < 4.78 is 0. The molecule has 166 valence electrons. The van der Waals surface area contributed by atoms with Crippen LogP contribution in [0.2, 0.25) is 0 Å². The predicted molar refractivity (Wildman–Crippen MR) is 123 cm³/mol. The zero-order chi connectivity index (χ0) is 22.6. The number of hydrogen-bond donors (Lipinski definition) is 1. The summed E-state index contributed by atoms with van der Waals surface area (Å²) in [5.41, 5.74) is 5.81. The third-order valence-corrected chi connectivity index (χ3v) is 6.84. The van der Waals surface area contributed by atoms with E-state index >= 15 is 0 Å². The number of carbonyl (C=O) groups excluding carboxylic acids is 2. The second-order valence-electron chi connectivity index (χ2n) is 9.17. The summed E-state index contributed by atoms with van der Waals surface area (Å²) in [6.07, 6.45) is 7.66. The molecular formula is C25H24N6O2. The van der Waals surface area contributed by atoms with E-state index in [1.54, 1.807) is 11.1 Å². The van der Waals surface area contributed by atoms with Crippen LogP contribution < -0.4 is 10.2 Å². The van der Waals surface area contributed by atoms with Crippen molar-refractivity contribution in [2.45, 2.75) is 25.2 Å². The molecule has 1 aromatic carbocycles. The van der Waals surface area contributed by atoms with Gasteiger partial charge in [0, 0.05) is 60.5 Å². The van der Waals surface area contributed by atoms with Gasteiger partial charge in [0.15, 0.2) is 0 Å². The fourth-order valence-electron chi connectivity index (χ4n) is 4.85. The number of nitrogens with zero attached hydrogens (tertiary/aromatic N) is 5. The molecule has 2 amide bonds. The van der Waals surface area contributed by atoms with Crippen LogP contribution in [0.4, 0.5) is 11.6 Å². The van der Waals surface area contributed by atoms with Crippen molar-refractivity contribution in [1.82, 2.24) is 25.2 Å². The van der Waals surface area contributed by atoms with E-state index in [1.165, 1.54) is 5.56 Å². The number of aromatic nitrogens is 3. The maximum Gasteiger partial charge on any atom is 0.254 e. The third kappa shape index (κ3) is 3.42. The average molecular weight is 441 g/mol. The van der Waals surface area contributed by atoms with E-state index < -0.39 is 0 Å². The summed E-state index contributed by atoms with van der Waals surface area (Å²) in [6.45, 7) is 3.95. The van der Waals surface area contributed by atoms with Gasteiger partial charge in [-0.3, -0.25) is 14.6 Å². The Labute approximate surface area is 191 Å². The molecule has 0 atom stereocenters. The number of benzene rings is 1. The first kappa shape index (κ1) is 19.8. The molecule has 0 bridgehead atoms. The van der Waals surface area contributed by atoms with Crippen molar-refractivity contribution in [2.75, 3.05) is 31.1 Å². The first-order valence-corrected chi connectivity index (χ1v) is 11.3. The molecular weight excluding hydrogens is 416 g/mol. The average Bonchev–Trinajstić information content (AvgIpc) is 3.55. The van der Waals surface area contributed by atoms with Gasteiger partial charge in [-0.05, 0) is 55.2 Å². The van der Waals surface area contributed by atoms with Gasteiger partial charge in [0.25, 0.3) is 5.91 Å². The van der Waals surface area contributed by atoms with E-state index in [-0.39, 0.29) is 23.8 Å². The van der Waals surface area contributed by atoms with Crippen molar-refractivity contribution in [3.8, 4) is 11.3 Å². The zero-order valence-electron chi connectivity index (χ0n) is 18.4. The maximum atomic E-state index is 13.1. The molecule has 8 nitrogen and oxygen atoms in total. The molecule has 4 heterocycles. The van der Waals surface area contributed by atoms with Crippen LogP contribution in [0, 0.1) is 6.92 Å². The quantitative estimate of drug-likeness (QED) is 0.673. The number of fused-ring (bicyclic) bond motifs is 2. The lowest BCUT2D eigenvalue weighted by atomic mass is 9.97. The molecule has 33 heavy (non-hydrogen) atoms. The molecule has 2 aliphatic heterocycles. The molecule has 3 aromatic rings. The third-order valence-electron chi connectivity index (χ3n) is 6.84. The van der Waals surface area contributed by atoms with Crippen molar-refractivity contribution >= 4 is 23.5 Å². The van der Waals surface area contributed by atoms with Crippen LogP contribution in [0.5, 0.6) is 0 Å². The number of carbonyl (C=O) groups is 2. The topological polar surface area (TPSA) is 91.3 Å². The number of hydrogen-bond acceptors (Lipinski definition) is 6. The lowest BCUT2D eigenvalue weighted by Crippen LogP contribution is -2.49. The number of rotatable bonds is 3. The van der Waals surface area contributed by atoms with Gasteiger partial charge in [-0.1, -0.05) is 6.07 Å². The van der Waals surface area contributed by atoms with Crippen LogP contribution in [-0.2, 0) is 10.2 Å². The molecule has 2 aromatic heterocycles. The first-order chi connectivity index (χ1) is 16.0. The molecule has 1 N–H and O–H groups in total. The maximum absolute atomic E-state index is 13.1. The lowest BCUT2D eigenvalue weighted by Gasteiger charge is -2.27. The van der Waals surface area contributed by atoms with E-state index in [4.69, 9.17) is 0 Å². The summed E-state index contributed by atoms with van der Waals surface area (Å²) in [4.78, 5) is 42.3. The van der Waals surface area contributed by atoms with Crippen molar-refractivity contribution < 1.29 is 9.59 Å². The predicted octanol–water partition coefficient (Wildman–Crippen LogP) is 2.60. The summed E-state index contributed by atoms with van der Waals surface area (Å²) in [6, 6.07) is 9.89. The SMILES string of the molecule is Cc1ccnc(-c2cnc(N3CC4(CC4)c4ccc(C(=O)N5CCNC(=O)C5)cc43)nc2)c1. The number of pyridine rings is 1. The summed E-state index contributed by atoms with van der Waals surface area (Å²) in [5, 5.41) is 2.76. The zero-order valence-corrected chi connectivity index (χ0v) is 18.4. The van der Waals surface area contributed by atoms with Crippen molar-refractivity contribution in [1.29, 1.82) is 0 Å². The molecule has 3 aliphatic rings. The summed E-state index contributed by atoms with van der Waals surface area (Å²) in [5.74, 6) is 0.385. The van der Waals surface area contributed by atoms with Crippen LogP contribution in [-0.4, -0.2) is 57.8 Å². The highest BCUT2D eigenvalue weighted by molar-refractivity contribution is 5.98. The Hall–Kier alpha value is -3.81. The lowest BCUT2D eigenvalue weighted by molar-refractivity contribution is -0.123. The first-order valence-electron chi connectivity index (χ1n) is 11.3. The summed E-state index contributed by atoms with van der Waals surface area (Å²) in [7, 11) is 0. The highest BCUT2D eigenvalue weighted by Crippen LogP contribution is 2.57.